The van der Waals surface area contributed by atoms with Crippen LogP contribution in [0.15, 0.2) is 62.9 Å². The van der Waals surface area contributed by atoms with Crippen molar-refractivity contribution in [1.29, 1.82) is 0 Å². The number of unbranched alkanes of at least 4 members (excludes halogenated alkanes) is 1. The van der Waals surface area contributed by atoms with Gasteiger partial charge in [0.2, 0.25) is 0 Å². The van der Waals surface area contributed by atoms with Crippen molar-refractivity contribution in [3.05, 3.63) is 90.8 Å². The minimum atomic E-state index is -0.647. The maximum Gasteiger partial charge on any atom is 0.327 e. The Kier molecular flexibility index (Phi) is 4.69. The molecule has 4 aromatic rings. The third-order valence-corrected chi connectivity index (χ3v) is 5.07. The quantitative estimate of drug-likeness (QED) is 0.562. The molecule has 2 heterocycles. The number of nitrogens with zero attached hydrogens (tertiary/aromatic N) is 1. The summed E-state index contributed by atoms with van der Waals surface area (Å²) in [6.07, 6.45) is 2.36. The van der Waals surface area contributed by atoms with Crippen molar-refractivity contribution in [2.45, 2.75) is 32.7 Å². The number of benzene rings is 2. The van der Waals surface area contributed by atoms with Gasteiger partial charge in [-0.3, -0.25) is 19.6 Å². The summed E-state index contributed by atoms with van der Waals surface area (Å²) in [5.41, 5.74) is 0.536. The standard InChI is InChI=1S/C22H21N3O3/c1-2-3-11-25-16(12-15-9-6-8-14-7-4-5-10-17(14)15)13-18(26)19-20(25)23-22(28)24-21(19)27/h4-10,13H,2-3,11-12H2,1H3,(H2,23,24,27,28). The van der Waals surface area contributed by atoms with Crippen molar-refractivity contribution < 1.29 is 0 Å². The van der Waals surface area contributed by atoms with Gasteiger partial charge in [0, 0.05) is 24.7 Å². The number of nitrogens with one attached hydrogen (secondary N) is 2. The van der Waals surface area contributed by atoms with Crippen LogP contribution in [0.25, 0.3) is 21.8 Å². The fraction of sp³-hybridized carbons (Fsp3) is 0.227. The van der Waals surface area contributed by atoms with Crippen LogP contribution < -0.4 is 16.7 Å². The van der Waals surface area contributed by atoms with E-state index in [0.29, 0.717) is 18.6 Å². The van der Waals surface area contributed by atoms with Crippen molar-refractivity contribution in [2.24, 2.45) is 0 Å². The van der Waals surface area contributed by atoms with Gasteiger partial charge in [-0.05, 0) is 22.8 Å². The van der Waals surface area contributed by atoms with Crippen LogP contribution >= 0.6 is 0 Å². The number of hydrogen-bond donors (Lipinski definition) is 2. The van der Waals surface area contributed by atoms with Crippen LogP contribution in [0.3, 0.4) is 0 Å². The van der Waals surface area contributed by atoms with Crippen molar-refractivity contribution in [3.8, 4) is 0 Å². The first-order valence-corrected chi connectivity index (χ1v) is 9.44. The number of fused-ring (bicyclic) bond motifs is 2. The summed E-state index contributed by atoms with van der Waals surface area (Å²) in [6.45, 7) is 2.69. The molecular weight excluding hydrogens is 354 g/mol. The van der Waals surface area contributed by atoms with E-state index in [0.717, 1.165) is 34.9 Å². The van der Waals surface area contributed by atoms with Gasteiger partial charge in [-0.1, -0.05) is 55.8 Å². The van der Waals surface area contributed by atoms with Crippen LogP contribution in [-0.4, -0.2) is 14.5 Å². The maximum atomic E-state index is 12.7. The van der Waals surface area contributed by atoms with E-state index in [9.17, 15) is 14.4 Å². The zero-order valence-electron chi connectivity index (χ0n) is 15.6. The molecule has 0 fully saturated rings. The van der Waals surface area contributed by atoms with Crippen molar-refractivity contribution >= 4 is 21.8 Å². The molecular formula is C22H21N3O3. The molecule has 2 aromatic carbocycles. The molecule has 0 aliphatic carbocycles. The average molecular weight is 375 g/mol. The molecule has 0 radical (unpaired) electrons. The Morgan fingerprint density at radius 1 is 0.964 bits per heavy atom. The lowest BCUT2D eigenvalue weighted by molar-refractivity contribution is 0.620. The molecule has 0 amide bonds. The van der Waals surface area contributed by atoms with E-state index < -0.39 is 11.2 Å². The molecule has 0 spiro atoms. The zero-order chi connectivity index (χ0) is 19.7. The SMILES string of the molecule is CCCCn1c(Cc2cccc3ccccc23)cc(=O)c2c(=O)[nH]c(=O)[nH]c21. The molecule has 6 nitrogen and oxygen atoms in total. The molecule has 0 saturated carbocycles. The summed E-state index contributed by atoms with van der Waals surface area (Å²) in [5, 5.41) is 2.25. The van der Waals surface area contributed by atoms with Crippen molar-refractivity contribution in [1.82, 2.24) is 14.5 Å². The molecule has 2 aromatic heterocycles. The predicted octanol–water partition coefficient (Wildman–Crippen LogP) is 2.92. The van der Waals surface area contributed by atoms with Crippen molar-refractivity contribution in [3.63, 3.8) is 0 Å². The van der Waals surface area contributed by atoms with Gasteiger partial charge in [-0.2, -0.15) is 0 Å². The minimum absolute atomic E-state index is 0.00243. The van der Waals surface area contributed by atoms with Gasteiger partial charge in [0.25, 0.3) is 5.56 Å². The second kappa shape index (κ2) is 7.31. The van der Waals surface area contributed by atoms with Gasteiger partial charge < -0.3 is 4.57 Å². The third-order valence-electron chi connectivity index (χ3n) is 5.07. The number of aromatic nitrogens is 3. The highest BCUT2D eigenvalue weighted by molar-refractivity contribution is 5.86. The molecule has 2 N–H and O–H groups in total. The molecule has 28 heavy (non-hydrogen) atoms. The Labute approximate surface area is 160 Å². The number of aromatic amines is 2. The van der Waals surface area contributed by atoms with Gasteiger partial charge >= 0.3 is 5.69 Å². The highest BCUT2D eigenvalue weighted by atomic mass is 16.2. The second-order valence-corrected chi connectivity index (χ2v) is 6.95. The van der Waals surface area contributed by atoms with Gasteiger partial charge in [0.05, 0.1) is 0 Å². The van der Waals surface area contributed by atoms with E-state index in [-0.39, 0.29) is 10.8 Å². The summed E-state index contributed by atoms with van der Waals surface area (Å²) < 4.78 is 1.90. The third kappa shape index (κ3) is 3.17. The number of pyridine rings is 1. The second-order valence-electron chi connectivity index (χ2n) is 6.95. The number of rotatable bonds is 5. The molecule has 0 unspecified atom stereocenters. The Balaban J connectivity index is 1.96. The summed E-state index contributed by atoms with van der Waals surface area (Å²) in [5.74, 6) is 0. The highest BCUT2D eigenvalue weighted by Crippen LogP contribution is 2.22. The molecule has 0 saturated heterocycles. The smallest absolute Gasteiger partial charge is 0.327 e. The van der Waals surface area contributed by atoms with Gasteiger partial charge in [0.1, 0.15) is 11.0 Å². The summed E-state index contributed by atoms with van der Waals surface area (Å²) in [4.78, 5) is 41.5. The lowest BCUT2D eigenvalue weighted by Gasteiger charge is -2.17. The first-order valence-electron chi connectivity index (χ1n) is 9.44. The summed E-state index contributed by atoms with van der Waals surface area (Å²) in [7, 11) is 0. The lowest BCUT2D eigenvalue weighted by Crippen LogP contribution is -2.29. The average Bonchev–Trinajstić information content (AvgIpc) is 2.67. The highest BCUT2D eigenvalue weighted by Gasteiger charge is 2.14. The summed E-state index contributed by atoms with van der Waals surface area (Å²) in [6, 6.07) is 15.7. The Hall–Kier alpha value is -3.41. The Morgan fingerprint density at radius 2 is 1.75 bits per heavy atom. The summed E-state index contributed by atoms with van der Waals surface area (Å²) >= 11 is 0. The molecule has 4 rings (SSSR count). The van der Waals surface area contributed by atoms with Gasteiger partial charge in [-0.25, -0.2) is 4.79 Å². The van der Waals surface area contributed by atoms with Crippen LogP contribution in [0.5, 0.6) is 0 Å². The van der Waals surface area contributed by atoms with E-state index >= 15 is 0 Å². The molecule has 142 valence electrons. The van der Waals surface area contributed by atoms with E-state index in [1.54, 1.807) is 0 Å². The van der Waals surface area contributed by atoms with E-state index in [4.69, 9.17) is 0 Å². The molecule has 0 bridgehead atoms. The fourth-order valence-electron chi connectivity index (χ4n) is 3.71. The van der Waals surface area contributed by atoms with Gasteiger partial charge in [-0.15, -0.1) is 0 Å². The molecule has 0 aliphatic rings. The first-order chi connectivity index (χ1) is 13.6. The van der Waals surface area contributed by atoms with Crippen LogP contribution in [0.2, 0.25) is 0 Å². The van der Waals surface area contributed by atoms with Crippen molar-refractivity contribution in [2.75, 3.05) is 0 Å². The normalized spacial score (nSPS) is 11.3. The van der Waals surface area contributed by atoms with Crippen LogP contribution in [-0.2, 0) is 13.0 Å². The molecule has 0 atom stereocenters. The van der Waals surface area contributed by atoms with Crippen LogP contribution in [0.4, 0.5) is 0 Å². The zero-order valence-corrected chi connectivity index (χ0v) is 15.6. The molecule has 6 heteroatoms. The molecule has 0 aliphatic heterocycles. The minimum Gasteiger partial charge on any atom is -0.330 e. The van der Waals surface area contributed by atoms with Gasteiger partial charge in [0.15, 0.2) is 5.43 Å². The van der Waals surface area contributed by atoms with Crippen LogP contribution in [0, 0.1) is 0 Å². The Bertz CT molecular complexity index is 1340. The van der Waals surface area contributed by atoms with Crippen LogP contribution in [0.1, 0.15) is 31.0 Å². The Morgan fingerprint density at radius 3 is 2.57 bits per heavy atom. The topological polar surface area (TPSA) is 87.7 Å². The maximum absolute atomic E-state index is 12.7. The largest absolute Gasteiger partial charge is 0.330 e. The van der Waals surface area contributed by atoms with E-state index in [1.165, 1.54) is 6.07 Å². The number of hydrogen-bond acceptors (Lipinski definition) is 3. The van der Waals surface area contributed by atoms with E-state index in [2.05, 4.69) is 35.1 Å². The first kappa shape index (κ1) is 18.0. The fourth-order valence-corrected chi connectivity index (χ4v) is 3.71. The lowest BCUT2D eigenvalue weighted by atomic mass is 10.00. The van der Waals surface area contributed by atoms with E-state index in [1.807, 2.05) is 28.8 Å². The predicted molar refractivity (Wildman–Crippen MR) is 111 cm³/mol. The number of aryl methyl sites for hydroxylation is 1. The monoisotopic (exact) mass is 375 g/mol. The number of H-pyrrole nitrogens is 2.